The summed E-state index contributed by atoms with van der Waals surface area (Å²) in [4.78, 5) is 0. The highest BCUT2D eigenvalue weighted by atomic mass is 16.6. The van der Waals surface area contributed by atoms with Crippen LogP contribution in [0.2, 0.25) is 0 Å². The highest BCUT2D eigenvalue weighted by Gasteiger charge is 2.54. The normalized spacial score (nSPS) is 41.3. The zero-order chi connectivity index (χ0) is 8.28. The molecule has 1 N–H and O–H groups in total. The Morgan fingerprint density at radius 2 is 2.18 bits per heavy atom. The zero-order valence-corrected chi connectivity index (χ0v) is 7.09. The molecule has 1 unspecified atom stereocenters. The van der Waals surface area contributed by atoms with Gasteiger partial charge in [-0.3, -0.25) is 0 Å². The molecule has 0 radical (unpaired) electrons. The third-order valence-electron chi connectivity index (χ3n) is 2.58. The van der Waals surface area contributed by atoms with Gasteiger partial charge in [0, 0.05) is 5.57 Å². The molecule has 3 nitrogen and oxygen atoms in total. The second-order valence-corrected chi connectivity index (χ2v) is 3.91. The maximum absolute atomic E-state index is 9.66. The molecule has 1 atom stereocenters. The molecule has 2 aliphatic rings. The van der Waals surface area contributed by atoms with Crippen molar-refractivity contribution in [1.82, 2.24) is 5.06 Å². The van der Waals surface area contributed by atoms with E-state index in [0.29, 0.717) is 6.61 Å². The van der Waals surface area contributed by atoms with Crippen molar-refractivity contribution >= 4 is 0 Å². The SMILES string of the molecule is CC1(C)C=C2COC2(C)N1O. The summed E-state index contributed by atoms with van der Waals surface area (Å²) in [5, 5.41) is 10.9. The van der Waals surface area contributed by atoms with Gasteiger partial charge in [0.1, 0.15) is 0 Å². The molecule has 0 spiro atoms. The fourth-order valence-corrected chi connectivity index (χ4v) is 1.77. The number of ether oxygens (including phenoxy) is 1. The molecule has 62 valence electrons. The topological polar surface area (TPSA) is 32.7 Å². The summed E-state index contributed by atoms with van der Waals surface area (Å²) in [5.41, 5.74) is 0.384. The smallest absolute Gasteiger partial charge is 0.166 e. The molecule has 0 saturated carbocycles. The van der Waals surface area contributed by atoms with E-state index < -0.39 is 5.72 Å². The van der Waals surface area contributed by atoms with E-state index in [4.69, 9.17) is 4.74 Å². The third kappa shape index (κ3) is 0.682. The predicted molar refractivity (Wildman–Crippen MR) is 40.1 cm³/mol. The van der Waals surface area contributed by atoms with Crippen LogP contribution in [-0.4, -0.2) is 28.1 Å². The van der Waals surface area contributed by atoms with Crippen molar-refractivity contribution < 1.29 is 9.94 Å². The number of hydrogen-bond acceptors (Lipinski definition) is 3. The molecule has 0 aliphatic carbocycles. The summed E-state index contributed by atoms with van der Waals surface area (Å²) in [6.07, 6.45) is 2.07. The van der Waals surface area contributed by atoms with Crippen LogP contribution in [0.15, 0.2) is 11.6 Å². The molecule has 1 fully saturated rings. The lowest BCUT2D eigenvalue weighted by atomic mass is 10.0. The molecule has 1 saturated heterocycles. The van der Waals surface area contributed by atoms with Gasteiger partial charge in [-0.2, -0.15) is 0 Å². The van der Waals surface area contributed by atoms with E-state index in [-0.39, 0.29) is 5.54 Å². The summed E-state index contributed by atoms with van der Waals surface area (Å²) in [5.74, 6) is 0. The zero-order valence-electron chi connectivity index (χ0n) is 7.09. The molecule has 0 bridgehead atoms. The summed E-state index contributed by atoms with van der Waals surface area (Å²) < 4.78 is 5.30. The Hall–Kier alpha value is -0.380. The Kier molecular flexibility index (Phi) is 1.11. The Balaban J connectivity index is 2.38. The number of nitrogens with zero attached hydrogens (tertiary/aromatic N) is 1. The van der Waals surface area contributed by atoms with Gasteiger partial charge in [-0.05, 0) is 20.8 Å². The summed E-state index contributed by atoms with van der Waals surface area (Å²) in [7, 11) is 0. The minimum absolute atomic E-state index is 0.277. The van der Waals surface area contributed by atoms with E-state index in [2.05, 4.69) is 6.08 Å². The first-order valence-electron chi connectivity index (χ1n) is 3.82. The van der Waals surface area contributed by atoms with Crippen molar-refractivity contribution in [2.45, 2.75) is 32.0 Å². The van der Waals surface area contributed by atoms with Gasteiger partial charge in [0.15, 0.2) is 5.72 Å². The fraction of sp³-hybridized carbons (Fsp3) is 0.750. The van der Waals surface area contributed by atoms with Gasteiger partial charge in [0.05, 0.1) is 12.1 Å². The quantitative estimate of drug-likeness (QED) is 0.532. The van der Waals surface area contributed by atoms with Crippen molar-refractivity contribution in [3.8, 4) is 0 Å². The monoisotopic (exact) mass is 155 g/mol. The minimum Gasteiger partial charge on any atom is -0.350 e. The van der Waals surface area contributed by atoms with Gasteiger partial charge in [0.2, 0.25) is 0 Å². The molecule has 0 aromatic heterocycles. The van der Waals surface area contributed by atoms with Crippen LogP contribution < -0.4 is 0 Å². The number of hydroxylamine groups is 2. The minimum atomic E-state index is -0.524. The molecule has 2 rings (SSSR count). The number of rotatable bonds is 0. The summed E-state index contributed by atoms with van der Waals surface area (Å²) >= 11 is 0. The highest BCUT2D eigenvalue weighted by molar-refractivity contribution is 5.32. The van der Waals surface area contributed by atoms with Crippen molar-refractivity contribution in [2.24, 2.45) is 0 Å². The van der Waals surface area contributed by atoms with Crippen molar-refractivity contribution in [3.63, 3.8) is 0 Å². The maximum Gasteiger partial charge on any atom is 0.166 e. The maximum atomic E-state index is 9.66. The van der Waals surface area contributed by atoms with Crippen LogP contribution in [0.3, 0.4) is 0 Å². The third-order valence-corrected chi connectivity index (χ3v) is 2.58. The first kappa shape index (κ1) is 7.28. The highest BCUT2D eigenvalue weighted by Crippen LogP contribution is 2.45. The summed E-state index contributed by atoms with van der Waals surface area (Å²) in [6, 6.07) is 0. The summed E-state index contributed by atoms with van der Waals surface area (Å²) in [6.45, 7) is 6.48. The van der Waals surface area contributed by atoms with Gasteiger partial charge >= 0.3 is 0 Å². The number of hydrogen-bond donors (Lipinski definition) is 1. The molecule has 0 aromatic rings. The average molecular weight is 155 g/mol. The Morgan fingerprint density at radius 1 is 1.55 bits per heavy atom. The largest absolute Gasteiger partial charge is 0.350 e. The van der Waals surface area contributed by atoms with Gasteiger partial charge < -0.3 is 9.94 Å². The van der Waals surface area contributed by atoms with Gasteiger partial charge in [-0.15, -0.1) is 5.06 Å². The van der Waals surface area contributed by atoms with E-state index in [1.165, 1.54) is 10.6 Å². The van der Waals surface area contributed by atoms with E-state index in [9.17, 15) is 5.21 Å². The van der Waals surface area contributed by atoms with E-state index in [1.54, 1.807) is 0 Å². The molecule has 2 heterocycles. The second-order valence-electron chi connectivity index (χ2n) is 3.91. The Morgan fingerprint density at radius 3 is 2.36 bits per heavy atom. The standard InChI is InChI=1S/C8H13NO2/c1-7(2)4-6-5-11-8(6,3)9(7)10/h4,10H,5H2,1-3H3. The van der Waals surface area contributed by atoms with Crippen LogP contribution in [0.5, 0.6) is 0 Å². The van der Waals surface area contributed by atoms with Crippen LogP contribution in [0.4, 0.5) is 0 Å². The van der Waals surface area contributed by atoms with E-state index in [0.717, 1.165) is 0 Å². The molecule has 11 heavy (non-hydrogen) atoms. The van der Waals surface area contributed by atoms with Crippen LogP contribution in [0.1, 0.15) is 20.8 Å². The molecule has 3 heteroatoms. The molecule has 0 aromatic carbocycles. The van der Waals surface area contributed by atoms with Crippen LogP contribution in [-0.2, 0) is 4.74 Å². The molecular formula is C8H13NO2. The Labute approximate surface area is 66.2 Å². The average Bonchev–Trinajstić information content (AvgIpc) is 2.02. The lowest BCUT2D eigenvalue weighted by molar-refractivity contribution is -0.303. The lowest BCUT2D eigenvalue weighted by Crippen LogP contribution is -2.56. The Bertz CT molecular complexity index is 234. The molecule has 2 aliphatic heterocycles. The second kappa shape index (κ2) is 1.68. The first-order chi connectivity index (χ1) is 4.97. The fourth-order valence-electron chi connectivity index (χ4n) is 1.77. The van der Waals surface area contributed by atoms with E-state index >= 15 is 0 Å². The van der Waals surface area contributed by atoms with Gasteiger partial charge in [-0.1, -0.05) is 6.08 Å². The first-order valence-corrected chi connectivity index (χ1v) is 3.82. The predicted octanol–water partition coefficient (Wildman–Crippen LogP) is 1.14. The van der Waals surface area contributed by atoms with Crippen LogP contribution in [0.25, 0.3) is 0 Å². The molecular weight excluding hydrogens is 142 g/mol. The van der Waals surface area contributed by atoms with Gasteiger partial charge in [0.25, 0.3) is 0 Å². The van der Waals surface area contributed by atoms with Gasteiger partial charge in [-0.25, -0.2) is 0 Å². The van der Waals surface area contributed by atoms with Crippen molar-refractivity contribution in [1.29, 1.82) is 0 Å². The number of fused-ring (bicyclic) bond motifs is 1. The van der Waals surface area contributed by atoms with Crippen molar-refractivity contribution in [3.05, 3.63) is 11.6 Å². The van der Waals surface area contributed by atoms with Crippen molar-refractivity contribution in [2.75, 3.05) is 6.61 Å². The molecule has 0 amide bonds. The lowest BCUT2D eigenvalue weighted by Gasteiger charge is -2.44. The van der Waals surface area contributed by atoms with Crippen LogP contribution in [0, 0.1) is 0 Å². The van der Waals surface area contributed by atoms with Crippen LogP contribution >= 0.6 is 0 Å². The van der Waals surface area contributed by atoms with E-state index in [1.807, 2.05) is 20.8 Å².